The third-order valence-electron chi connectivity index (χ3n) is 3.58. The number of halogens is 2. The number of amides is 2. The van der Waals surface area contributed by atoms with Gasteiger partial charge in [0, 0.05) is 23.0 Å². The molecule has 8 heteroatoms. The van der Waals surface area contributed by atoms with Gasteiger partial charge in [0.05, 0.1) is 18.4 Å². The Morgan fingerprint density at radius 3 is 2.79 bits per heavy atom. The second-order valence-electron chi connectivity index (χ2n) is 5.81. The molecule has 2 rings (SSSR count). The number of rotatable bonds is 9. The Bertz CT molecular complexity index is 858. The fraction of sp³-hybridized carbons (Fsp3) is 0.250. The van der Waals surface area contributed by atoms with E-state index in [1.807, 2.05) is 25.1 Å². The molecule has 0 aliphatic rings. The molecule has 0 fully saturated rings. The van der Waals surface area contributed by atoms with Crippen molar-refractivity contribution < 1.29 is 18.7 Å². The Balaban J connectivity index is 1.82. The molecule has 2 amide bonds. The van der Waals surface area contributed by atoms with Crippen molar-refractivity contribution in [1.82, 2.24) is 10.7 Å². The summed E-state index contributed by atoms with van der Waals surface area (Å²) in [6.07, 6.45) is 2.38. The van der Waals surface area contributed by atoms with Gasteiger partial charge in [0.2, 0.25) is 5.91 Å². The van der Waals surface area contributed by atoms with Gasteiger partial charge in [-0.1, -0.05) is 35.0 Å². The fourth-order valence-corrected chi connectivity index (χ4v) is 2.60. The van der Waals surface area contributed by atoms with Crippen LogP contribution in [0.5, 0.6) is 5.75 Å². The van der Waals surface area contributed by atoms with Crippen molar-refractivity contribution in [2.24, 2.45) is 5.10 Å². The van der Waals surface area contributed by atoms with Crippen LogP contribution in [0.25, 0.3) is 0 Å². The van der Waals surface area contributed by atoms with E-state index in [2.05, 4.69) is 31.8 Å². The van der Waals surface area contributed by atoms with Gasteiger partial charge in [0.15, 0.2) is 0 Å². The van der Waals surface area contributed by atoms with E-state index in [0.29, 0.717) is 12.4 Å². The van der Waals surface area contributed by atoms with Crippen LogP contribution >= 0.6 is 15.9 Å². The lowest BCUT2D eigenvalue weighted by molar-refractivity contribution is -0.120. The number of carbonyl (C=O) groups is 2. The van der Waals surface area contributed by atoms with Gasteiger partial charge in [-0.25, -0.2) is 9.82 Å². The van der Waals surface area contributed by atoms with Crippen molar-refractivity contribution in [3.63, 3.8) is 0 Å². The molecule has 0 bridgehead atoms. The zero-order valence-corrected chi connectivity index (χ0v) is 17.0. The zero-order valence-electron chi connectivity index (χ0n) is 15.4. The number of hydrogen-bond donors (Lipinski definition) is 2. The van der Waals surface area contributed by atoms with Crippen LogP contribution in [0.4, 0.5) is 4.39 Å². The van der Waals surface area contributed by atoms with E-state index in [-0.39, 0.29) is 24.4 Å². The molecular formula is C20H21BrFN3O3. The lowest BCUT2D eigenvalue weighted by Gasteiger charge is -2.08. The molecule has 0 aliphatic heterocycles. The molecule has 0 heterocycles. The van der Waals surface area contributed by atoms with E-state index in [1.54, 1.807) is 6.07 Å². The van der Waals surface area contributed by atoms with Crippen molar-refractivity contribution >= 4 is 34.0 Å². The Kier molecular flexibility index (Phi) is 8.61. The van der Waals surface area contributed by atoms with Crippen molar-refractivity contribution in [2.75, 3.05) is 13.2 Å². The van der Waals surface area contributed by atoms with Crippen LogP contribution in [0.15, 0.2) is 52.0 Å². The summed E-state index contributed by atoms with van der Waals surface area (Å²) in [6.45, 7) is 2.66. The highest BCUT2D eigenvalue weighted by molar-refractivity contribution is 9.10. The molecule has 6 nitrogen and oxygen atoms in total. The third-order valence-corrected chi connectivity index (χ3v) is 4.08. The number of hydrogen-bond acceptors (Lipinski definition) is 4. The average molecular weight is 450 g/mol. The molecule has 2 aromatic rings. The summed E-state index contributed by atoms with van der Waals surface area (Å²) in [5.41, 5.74) is 3.05. The minimum Gasteiger partial charge on any atom is -0.493 e. The third kappa shape index (κ3) is 6.77. The Morgan fingerprint density at radius 1 is 1.25 bits per heavy atom. The van der Waals surface area contributed by atoms with Crippen LogP contribution < -0.4 is 15.5 Å². The molecular weight excluding hydrogens is 429 g/mol. The van der Waals surface area contributed by atoms with Gasteiger partial charge < -0.3 is 10.1 Å². The number of carbonyl (C=O) groups excluding carboxylic acids is 2. The number of ether oxygens (including phenoxy) is 1. The second-order valence-corrected chi connectivity index (χ2v) is 6.73. The van der Waals surface area contributed by atoms with E-state index in [1.165, 1.54) is 24.4 Å². The van der Waals surface area contributed by atoms with Crippen LogP contribution in [0, 0.1) is 5.82 Å². The molecule has 0 unspecified atom stereocenters. The average Bonchev–Trinajstić information content (AvgIpc) is 2.67. The second kappa shape index (κ2) is 11.2. The number of nitrogens with one attached hydrogen (secondary N) is 2. The summed E-state index contributed by atoms with van der Waals surface area (Å²) in [4.78, 5) is 23.7. The summed E-state index contributed by atoms with van der Waals surface area (Å²) < 4.78 is 20.0. The van der Waals surface area contributed by atoms with Gasteiger partial charge in [-0.05, 0) is 36.8 Å². The topological polar surface area (TPSA) is 79.8 Å². The minimum atomic E-state index is -0.607. The van der Waals surface area contributed by atoms with Gasteiger partial charge in [-0.15, -0.1) is 0 Å². The van der Waals surface area contributed by atoms with E-state index < -0.39 is 11.7 Å². The highest BCUT2D eigenvalue weighted by Gasteiger charge is 2.10. The maximum atomic E-state index is 13.5. The molecule has 0 aromatic heterocycles. The molecule has 0 saturated carbocycles. The molecule has 0 spiro atoms. The van der Waals surface area contributed by atoms with Crippen LogP contribution in [-0.2, 0) is 4.79 Å². The summed E-state index contributed by atoms with van der Waals surface area (Å²) in [7, 11) is 0. The number of benzene rings is 2. The lowest BCUT2D eigenvalue weighted by atomic mass is 10.2. The highest BCUT2D eigenvalue weighted by Crippen LogP contribution is 2.21. The Hall–Kier alpha value is -2.74. The molecule has 0 radical (unpaired) electrons. The molecule has 0 atom stereocenters. The summed E-state index contributed by atoms with van der Waals surface area (Å²) >= 11 is 3.39. The van der Waals surface area contributed by atoms with Gasteiger partial charge >= 0.3 is 0 Å². The maximum absolute atomic E-state index is 13.5. The van der Waals surface area contributed by atoms with Gasteiger partial charge in [0.25, 0.3) is 5.91 Å². The van der Waals surface area contributed by atoms with Crippen LogP contribution in [0.3, 0.4) is 0 Å². The minimum absolute atomic E-state index is 0.00914. The summed E-state index contributed by atoms with van der Waals surface area (Å²) in [6, 6.07) is 11.2. The summed E-state index contributed by atoms with van der Waals surface area (Å²) in [5.74, 6) is -0.887. The largest absolute Gasteiger partial charge is 0.493 e. The molecule has 2 N–H and O–H groups in total. The first-order chi connectivity index (χ1) is 13.5. The van der Waals surface area contributed by atoms with E-state index >= 15 is 0 Å². The molecule has 148 valence electrons. The van der Waals surface area contributed by atoms with E-state index in [0.717, 1.165) is 16.5 Å². The molecule has 2 aromatic carbocycles. The van der Waals surface area contributed by atoms with Crippen molar-refractivity contribution in [3.8, 4) is 5.75 Å². The molecule has 0 aliphatic carbocycles. The highest BCUT2D eigenvalue weighted by atomic mass is 79.9. The Labute approximate surface area is 171 Å². The van der Waals surface area contributed by atoms with E-state index in [4.69, 9.17) is 4.74 Å². The predicted octanol–water partition coefficient (Wildman–Crippen LogP) is 3.65. The SMILES string of the molecule is CCCOc1ccc(Br)cc1C=NNC(=O)CCNC(=O)c1ccccc1F. The number of nitrogens with zero attached hydrogens (tertiary/aromatic N) is 1. The van der Waals surface area contributed by atoms with Crippen LogP contribution in [0.2, 0.25) is 0 Å². The maximum Gasteiger partial charge on any atom is 0.254 e. The predicted molar refractivity (Wildman–Crippen MR) is 109 cm³/mol. The fourth-order valence-electron chi connectivity index (χ4n) is 2.22. The first kappa shape index (κ1) is 21.6. The van der Waals surface area contributed by atoms with Crippen LogP contribution in [0.1, 0.15) is 35.7 Å². The van der Waals surface area contributed by atoms with Gasteiger partial charge in [0.1, 0.15) is 11.6 Å². The standard InChI is InChI=1S/C20H21BrFN3O3/c1-2-11-28-18-8-7-15(21)12-14(18)13-24-25-19(26)9-10-23-20(27)16-5-3-4-6-17(16)22/h3-8,12-13H,2,9-11H2,1H3,(H,23,27)(H,25,26). The monoisotopic (exact) mass is 449 g/mol. The molecule has 28 heavy (non-hydrogen) atoms. The van der Waals surface area contributed by atoms with Gasteiger partial charge in [-0.2, -0.15) is 5.10 Å². The normalized spacial score (nSPS) is 10.7. The van der Waals surface area contributed by atoms with Crippen molar-refractivity contribution in [1.29, 1.82) is 0 Å². The van der Waals surface area contributed by atoms with Crippen molar-refractivity contribution in [2.45, 2.75) is 19.8 Å². The quantitative estimate of drug-likeness (QED) is 0.452. The lowest BCUT2D eigenvalue weighted by Crippen LogP contribution is -2.29. The smallest absolute Gasteiger partial charge is 0.254 e. The Morgan fingerprint density at radius 2 is 2.04 bits per heavy atom. The summed E-state index contributed by atoms with van der Waals surface area (Å²) in [5, 5.41) is 6.42. The first-order valence-corrected chi connectivity index (χ1v) is 9.57. The number of hydrazone groups is 1. The van der Waals surface area contributed by atoms with Crippen LogP contribution in [-0.4, -0.2) is 31.2 Å². The zero-order chi connectivity index (χ0) is 20.4. The van der Waals surface area contributed by atoms with Crippen molar-refractivity contribution in [3.05, 3.63) is 63.9 Å². The first-order valence-electron chi connectivity index (χ1n) is 8.78. The molecule has 0 saturated heterocycles. The van der Waals surface area contributed by atoms with E-state index in [9.17, 15) is 14.0 Å². The van der Waals surface area contributed by atoms with Gasteiger partial charge in [-0.3, -0.25) is 9.59 Å².